The van der Waals surface area contributed by atoms with Gasteiger partial charge in [-0.25, -0.2) is 0 Å². The van der Waals surface area contributed by atoms with Gasteiger partial charge in [0, 0.05) is 6.54 Å². The van der Waals surface area contributed by atoms with Crippen molar-refractivity contribution in [1.82, 2.24) is 4.90 Å². The van der Waals surface area contributed by atoms with Crippen molar-refractivity contribution < 1.29 is 14.2 Å². The Morgan fingerprint density at radius 3 is 2.62 bits per heavy atom. The molecule has 4 heteroatoms. The summed E-state index contributed by atoms with van der Waals surface area (Å²) in [5, 5.41) is 0. The summed E-state index contributed by atoms with van der Waals surface area (Å²) in [6.07, 6.45) is 4.78. The van der Waals surface area contributed by atoms with Gasteiger partial charge in [-0.05, 0) is 74.5 Å². The Bertz CT molecular complexity index is 696. The molecular formula is C22H27NO3. The number of benzene rings is 2. The standard InChI is InChI=1S/C22H27NO3/c1-2-4-20(5-3-1)24-15-11-18-8-12-23(13-9-18)14-10-19-6-7-21-22(16-19)26-17-25-21/h1-7,16,18H,8-15,17H2. The van der Waals surface area contributed by atoms with E-state index in [9.17, 15) is 0 Å². The number of ether oxygens (including phenoxy) is 3. The fourth-order valence-electron chi connectivity index (χ4n) is 3.74. The first kappa shape index (κ1) is 17.2. The topological polar surface area (TPSA) is 30.9 Å². The molecule has 138 valence electrons. The molecule has 0 amide bonds. The predicted molar refractivity (Wildman–Crippen MR) is 102 cm³/mol. The molecule has 0 atom stereocenters. The van der Waals surface area contributed by atoms with Gasteiger partial charge in [0.05, 0.1) is 6.61 Å². The highest BCUT2D eigenvalue weighted by atomic mass is 16.7. The fraction of sp³-hybridized carbons (Fsp3) is 0.455. The second-order valence-electron chi connectivity index (χ2n) is 7.17. The SMILES string of the molecule is c1ccc(OCCC2CCN(CCc3ccc4c(c3)OCO4)CC2)cc1. The molecule has 2 aliphatic rings. The molecule has 0 saturated carbocycles. The summed E-state index contributed by atoms with van der Waals surface area (Å²) in [6, 6.07) is 16.4. The van der Waals surface area contributed by atoms with Crippen molar-refractivity contribution in [3.8, 4) is 17.2 Å². The molecule has 2 aliphatic heterocycles. The van der Waals surface area contributed by atoms with Crippen LogP contribution in [0.25, 0.3) is 0 Å². The minimum absolute atomic E-state index is 0.348. The van der Waals surface area contributed by atoms with Gasteiger partial charge in [-0.3, -0.25) is 0 Å². The summed E-state index contributed by atoms with van der Waals surface area (Å²) in [6.45, 7) is 4.68. The Balaban J connectivity index is 1.15. The van der Waals surface area contributed by atoms with Gasteiger partial charge < -0.3 is 19.1 Å². The van der Waals surface area contributed by atoms with Gasteiger partial charge in [0.1, 0.15) is 5.75 Å². The van der Waals surface area contributed by atoms with Crippen molar-refractivity contribution in [3.63, 3.8) is 0 Å². The maximum Gasteiger partial charge on any atom is 0.231 e. The van der Waals surface area contributed by atoms with Crippen LogP contribution in [0.2, 0.25) is 0 Å². The Hall–Kier alpha value is -2.20. The first-order chi connectivity index (χ1) is 12.9. The molecular weight excluding hydrogens is 326 g/mol. The van der Waals surface area contributed by atoms with E-state index in [1.807, 2.05) is 36.4 Å². The predicted octanol–water partition coefficient (Wildman–Crippen LogP) is 4.14. The summed E-state index contributed by atoms with van der Waals surface area (Å²) < 4.78 is 16.7. The molecule has 0 unspecified atom stereocenters. The maximum absolute atomic E-state index is 5.84. The lowest BCUT2D eigenvalue weighted by atomic mass is 9.93. The highest BCUT2D eigenvalue weighted by Gasteiger charge is 2.19. The first-order valence-electron chi connectivity index (χ1n) is 9.65. The molecule has 0 bridgehead atoms. The molecule has 0 aliphatic carbocycles. The molecule has 1 fully saturated rings. The number of para-hydroxylation sites is 1. The van der Waals surface area contributed by atoms with E-state index in [1.54, 1.807) is 0 Å². The van der Waals surface area contributed by atoms with E-state index in [0.29, 0.717) is 6.79 Å². The fourth-order valence-corrected chi connectivity index (χ4v) is 3.74. The lowest BCUT2D eigenvalue weighted by Gasteiger charge is -2.32. The van der Waals surface area contributed by atoms with Crippen molar-refractivity contribution in [2.75, 3.05) is 33.0 Å². The maximum atomic E-state index is 5.84. The minimum Gasteiger partial charge on any atom is -0.494 e. The third-order valence-electron chi connectivity index (χ3n) is 5.40. The average Bonchev–Trinajstić information content (AvgIpc) is 3.16. The van der Waals surface area contributed by atoms with Crippen molar-refractivity contribution >= 4 is 0 Å². The number of likely N-dealkylation sites (tertiary alicyclic amines) is 1. The molecule has 2 aromatic carbocycles. The van der Waals surface area contributed by atoms with Crippen LogP contribution in [0.15, 0.2) is 48.5 Å². The lowest BCUT2D eigenvalue weighted by Crippen LogP contribution is -2.35. The highest BCUT2D eigenvalue weighted by molar-refractivity contribution is 5.44. The summed E-state index contributed by atoms with van der Waals surface area (Å²) in [4.78, 5) is 2.58. The van der Waals surface area contributed by atoms with E-state index in [4.69, 9.17) is 14.2 Å². The van der Waals surface area contributed by atoms with Gasteiger partial charge in [0.2, 0.25) is 6.79 Å². The molecule has 0 aromatic heterocycles. The van der Waals surface area contributed by atoms with Crippen LogP contribution >= 0.6 is 0 Å². The summed E-state index contributed by atoms with van der Waals surface area (Å²) in [5.74, 6) is 3.53. The monoisotopic (exact) mass is 353 g/mol. The largest absolute Gasteiger partial charge is 0.494 e. The average molecular weight is 353 g/mol. The van der Waals surface area contributed by atoms with E-state index in [2.05, 4.69) is 17.0 Å². The van der Waals surface area contributed by atoms with E-state index in [0.717, 1.165) is 49.2 Å². The number of fused-ring (bicyclic) bond motifs is 1. The van der Waals surface area contributed by atoms with Gasteiger partial charge in [-0.1, -0.05) is 24.3 Å². The lowest BCUT2D eigenvalue weighted by molar-refractivity contribution is 0.164. The van der Waals surface area contributed by atoms with Gasteiger partial charge in [-0.2, -0.15) is 0 Å². The van der Waals surface area contributed by atoms with E-state index >= 15 is 0 Å². The molecule has 2 aromatic rings. The zero-order valence-corrected chi connectivity index (χ0v) is 15.2. The van der Waals surface area contributed by atoms with Crippen molar-refractivity contribution in [2.24, 2.45) is 5.92 Å². The highest BCUT2D eigenvalue weighted by Crippen LogP contribution is 2.32. The van der Waals surface area contributed by atoms with E-state index in [-0.39, 0.29) is 0 Å². The van der Waals surface area contributed by atoms with Crippen LogP contribution in [-0.2, 0) is 6.42 Å². The molecule has 26 heavy (non-hydrogen) atoms. The number of hydrogen-bond donors (Lipinski definition) is 0. The molecule has 0 N–H and O–H groups in total. The van der Waals surface area contributed by atoms with Crippen LogP contribution < -0.4 is 14.2 Å². The molecule has 0 spiro atoms. The van der Waals surface area contributed by atoms with Crippen LogP contribution in [-0.4, -0.2) is 37.9 Å². The normalized spacial score (nSPS) is 17.4. The Morgan fingerprint density at radius 1 is 0.962 bits per heavy atom. The smallest absolute Gasteiger partial charge is 0.231 e. The van der Waals surface area contributed by atoms with Crippen molar-refractivity contribution in [2.45, 2.75) is 25.7 Å². The number of rotatable bonds is 7. The van der Waals surface area contributed by atoms with Crippen LogP contribution in [0.3, 0.4) is 0 Å². The Morgan fingerprint density at radius 2 is 1.77 bits per heavy atom. The second kappa shape index (κ2) is 8.45. The number of hydrogen-bond acceptors (Lipinski definition) is 4. The second-order valence-corrected chi connectivity index (χ2v) is 7.17. The summed E-state index contributed by atoms with van der Waals surface area (Å²) in [7, 11) is 0. The quantitative estimate of drug-likeness (QED) is 0.749. The van der Waals surface area contributed by atoms with Crippen molar-refractivity contribution in [1.29, 1.82) is 0 Å². The zero-order chi connectivity index (χ0) is 17.6. The van der Waals surface area contributed by atoms with Crippen LogP contribution in [0.4, 0.5) is 0 Å². The molecule has 0 radical (unpaired) electrons. The minimum atomic E-state index is 0.348. The molecule has 4 nitrogen and oxygen atoms in total. The summed E-state index contributed by atoms with van der Waals surface area (Å²) in [5.41, 5.74) is 1.33. The Labute approximate surface area is 155 Å². The van der Waals surface area contributed by atoms with Gasteiger partial charge in [0.25, 0.3) is 0 Å². The van der Waals surface area contributed by atoms with Crippen LogP contribution in [0.5, 0.6) is 17.2 Å². The van der Waals surface area contributed by atoms with Crippen LogP contribution in [0, 0.1) is 5.92 Å². The number of nitrogens with zero attached hydrogens (tertiary/aromatic N) is 1. The number of piperidine rings is 1. The van der Waals surface area contributed by atoms with Gasteiger partial charge in [-0.15, -0.1) is 0 Å². The third-order valence-corrected chi connectivity index (χ3v) is 5.40. The van der Waals surface area contributed by atoms with E-state index in [1.165, 1.54) is 31.5 Å². The first-order valence-corrected chi connectivity index (χ1v) is 9.65. The molecule has 1 saturated heterocycles. The zero-order valence-electron chi connectivity index (χ0n) is 15.2. The summed E-state index contributed by atoms with van der Waals surface area (Å²) >= 11 is 0. The van der Waals surface area contributed by atoms with E-state index < -0.39 is 0 Å². The van der Waals surface area contributed by atoms with Crippen LogP contribution in [0.1, 0.15) is 24.8 Å². The molecule has 4 rings (SSSR count). The molecule has 2 heterocycles. The van der Waals surface area contributed by atoms with Crippen molar-refractivity contribution in [3.05, 3.63) is 54.1 Å². The Kier molecular flexibility index (Phi) is 5.60. The van der Waals surface area contributed by atoms with Gasteiger partial charge in [0.15, 0.2) is 11.5 Å². The van der Waals surface area contributed by atoms with Gasteiger partial charge >= 0.3 is 0 Å². The third kappa shape index (κ3) is 4.50.